The van der Waals surface area contributed by atoms with E-state index in [4.69, 9.17) is 4.74 Å². The lowest BCUT2D eigenvalue weighted by atomic mass is 9.90. The molecule has 1 aromatic rings. The number of ether oxygens (including phenoxy) is 1. The van der Waals surface area contributed by atoms with Gasteiger partial charge in [-0.2, -0.15) is 0 Å². The molecule has 0 spiro atoms. The number of carbonyl (C=O) groups excluding carboxylic acids is 2. The van der Waals surface area contributed by atoms with Crippen molar-refractivity contribution in [2.75, 3.05) is 38.2 Å². The highest BCUT2D eigenvalue weighted by atomic mass is 16.5. The van der Waals surface area contributed by atoms with Crippen LogP contribution in [0.25, 0.3) is 0 Å². The molecule has 6 rings (SSSR count). The smallest absolute Gasteiger partial charge is 0.245 e. The Morgan fingerprint density at radius 3 is 2.78 bits per heavy atom. The predicted octanol–water partition coefficient (Wildman–Crippen LogP) is 2.41. The minimum atomic E-state index is -0.238. The topological polar surface area (TPSA) is 66.0 Å². The monoisotopic (exact) mass is 438 g/mol. The normalized spacial score (nSPS) is 34.6. The molecule has 5 fully saturated rings. The van der Waals surface area contributed by atoms with E-state index in [1.54, 1.807) is 7.11 Å². The first-order valence-electron chi connectivity index (χ1n) is 12.4. The zero-order valence-corrected chi connectivity index (χ0v) is 19.0. The van der Waals surface area contributed by atoms with Crippen LogP contribution in [0, 0.1) is 11.8 Å². The van der Waals surface area contributed by atoms with E-state index in [1.165, 1.54) is 17.7 Å². The standard InChI is InChI=1S/C25H34N4O3/c1-32-20-7-9-27(15-20)22-6-8-26-12-21(22)18-13-28(14-18)25(31)23-4-3-19-11-17-10-16(17)2-5-24(30)29(19)23/h6,8,12,16-20,23H,2-5,7,9-11,13-15H2,1H3/t16-,17+,19+,20+,23-/m0/s1. The fraction of sp³-hybridized carbons (Fsp3) is 0.720. The van der Waals surface area contributed by atoms with Gasteiger partial charge in [-0.3, -0.25) is 14.6 Å². The van der Waals surface area contributed by atoms with E-state index in [-0.39, 0.29) is 30.0 Å². The minimum Gasteiger partial charge on any atom is -0.380 e. The van der Waals surface area contributed by atoms with Gasteiger partial charge >= 0.3 is 0 Å². The molecule has 4 saturated heterocycles. The summed E-state index contributed by atoms with van der Waals surface area (Å²) < 4.78 is 5.54. The van der Waals surface area contributed by atoms with Crippen LogP contribution in [0.1, 0.15) is 56.4 Å². The molecule has 172 valence electrons. The van der Waals surface area contributed by atoms with Gasteiger partial charge < -0.3 is 19.4 Å². The molecule has 1 aromatic heterocycles. The van der Waals surface area contributed by atoms with Crippen molar-refractivity contribution in [3.63, 3.8) is 0 Å². The van der Waals surface area contributed by atoms with Crippen LogP contribution in [-0.2, 0) is 14.3 Å². The van der Waals surface area contributed by atoms with E-state index in [0.29, 0.717) is 12.3 Å². The minimum absolute atomic E-state index is 0.163. The molecule has 32 heavy (non-hydrogen) atoms. The summed E-state index contributed by atoms with van der Waals surface area (Å²) in [5, 5.41) is 0. The van der Waals surface area contributed by atoms with E-state index >= 15 is 0 Å². The molecule has 1 aliphatic carbocycles. The molecule has 0 N–H and O–H groups in total. The number of nitrogens with zero attached hydrogens (tertiary/aromatic N) is 4. The summed E-state index contributed by atoms with van der Waals surface area (Å²) in [5.41, 5.74) is 2.47. The van der Waals surface area contributed by atoms with Crippen LogP contribution in [0.2, 0.25) is 0 Å². The number of hydrogen-bond acceptors (Lipinski definition) is 5. The van der Waals surface area contributed by atoms with Crippen LogP contribution < -0.4 is 4.90 Å². The molecular formula is C25H34N4O3. The van der Waals surface area contributed by atoms with Crippen molar-refractivity contribution in [3.05, 3.63) is 24.0 Å². The summed E-state index contributed by atoms with van der Waals surface area (Å²) >= 11 is 0. The number of carbonyl (C=O) groups is 2. The van der Waals surface area contributed by atoms with E-state index in [0.717, 1.165) is 70.1 Å². The van der Waals surface area contributed by atoms with E-state index < -0.39 is 0 Å². The van der Waals surface area contributed by atoms with E-state index in [2.05, 4.69) is 16.0 Å². The average Bonchev–Trinajstić information content (AvgIpc) is 3.13. The second-order valence-corrected chi connectivity index (χ2v) is 10.5. The van der Waals surface area contributed by atoms with E-state index in [1.807, 2.05) is 22.2 Å². The molecule has 5 aliphatic rings. The van der Waals surface area contributed by atoms with Crippen molar-refractivity contribution in [2.45, 2.75) is 69.1 Å². The van der Waals surface area contributed by atoms with Gasteiger partial charge in [0.25, 0.3) is 0 Å². The Kier molecular flexibility index (Phi) is 5.12. The number of amides is 2. The van der Waals surface area contributed by atoms with Crippen molar-refractivity contribution in [3.8, 4) is 0 Å². The number of hydrogen-bond donors (Lipinski definition) is 0. The largest absolute Gasteiger partial charge is 0.380 e. The first kappa shape index (κ1) is 20.5. The average molecular weight is 439 g/mol. The van der Waals surface area contributed by atoms with Gasteiger partial charge in [0, 0.05) is 75.3 Å². The number of likely N-dealkylation sites (tertiary alicyclic amines) is 1. The summed E-state index contributed by atoms with van der Waals surface area (Å²) in [7, 11) is 1.78. The second kappa shape index (κ2) is 8.01. The highest BCUT2D eigenvalue weighted by Gasteiger charge is 2.49. The van der Waals surface area contributed by atoms with Gasteiger partial charge in [0.1, 0.15) is 6.04 Å². The van der Waals surface area contributed by atoms with Crippen LogP contribution in [0.5, 0.6) is 0 Å². The van der Waals surface area contributed by atoms with Crippen LogP contribution in [0.3, 0.4) is 0 Å². The maximum Gasteiger partial charge on any atom is 0.245 e. The van der Waals surface area contributed by atoms with Crippen molar-refractivity contribution in [1.82, 2.24) is 14.8 Å². The Bertz CT molecular complexity index is 901. The number of rotatable bonds is 4. The van der Waals surface area contributed by atoms with Gasteiger partial charge in [-0.05, 0) is 56.4 Å². The summed E-state index contributed by atoms with van der Waals surface area (Å²) in [5.74, 6) is 2.26. The van der Waals surface area contributed by atoms with Crippen LogP contribution in [0.4, 0.5) is 5.69 Å². The third-order valence-corrected chi connectivity index (χ3v) is 8.73. The summed E-state index contributed by atoms with van der Waals surface area (Å²) in [6.07, 6.45) is 11.0. The first-order chi connectivity index (χ1) is 15.6. The van der Waals surface area contributed by atoms with Crippen molar-refractivity contribution >= 4 is 17.5 Å². The Morgan fingerprint density at radius 1 is 1.09 bits per heavy atom. The highest BCUT2D eigenvalue weighted by molar-refractivity contribution is 5.89. The molecule has 5 heterocycles. The van der Waals surface area contributed by atoms with Gasteiger partial charge in [-0.15, -0.1) is 0 Å². The zero-order chi connectivity index (χ0) is 21.8. The Morgan fingerprint density at radius 2 is 1.97 bits per heavy atom. The lowest BCUT2D eigenvalue weighted by Gasteiger charge is -2.43. The van der Waals surface area contributed by atoms with Crippen LogP contribution >= 0.6 is 0 Å². The molecule has 0 bridgehead atoms. The zero-order valence-electron chi connectivity index (χ0n) is 19.0. The summed E-state index contributed by atoms with van der Waals surface area (Å²) in [4.78, 5) is 37.1. The summed E-state index contributed by atoms with van der Waals surface area (Å²) in [6, 6.07) is 2.15. The number of aromatic nitrogens is 1. The fourth-order valence-corrected chi connectivity index (χ4v) is 6.68. The van der Waals surface area contributed by atoms with Crippen molar-refractivity contribution in [2.24, 2.45) is 11.8 Å². The second-order valence-electron chi connectivity index (χ2n) is 10.5. The molecule has 0 unspecified atom stereocenters. The third-order valence-electron chi connectivity index (χ3n) is 8.73. The predicted molar refractivity (Wildman–Crippen MR) is 120 cm³/mol. The molecule has 7 nitrogen and oxygen atoms in total. The highest BCUT2D eigenvalue weighted by Crippen LogP contribution is 2.49. The maximum absolute atomic E-state index is 13.4. The van der Waals surface area contributed by atoms with Gasteiger partial charge in [0.05, 0.1) is 6.10 Å². The maximum atomic E-state index is 13.4. The molecule has 7 heteroatoms. The number of anilines is 1. The lowest BCUT2D eigenvalue weighted by molar-refractivity contribution is -0.148. The molecule has 1 saturated carbocycles. The number of fused-ring (bicyclic) bond motifs is 2. The Labute approximate surface area is 190 Å². The Hall–Kier alpha value is -2.15. The molecule has 4 aliphatic heterocycles. The molecule has 0 radical (unpaired) electrons. The fourth-order valence-electron chi connectivity index (χ4n) is 6.68. The SMILES string of the molecule is CO[C@@H]1CCN(c2ccncc2C2CN(C(=O)[C@@H]3CC[C@@H]4C[C@H]5C[C@@H]5CCC(=O)N43)C2)C1. The van der Waals surface area contributed by atoms with Crippen LogP contribution in [0.15, 0.2) is 18.5 Å². The quantitative estimate of drug-likeness (QED) is 0.722. The van der Waals surface area contributed by atoms with Crippen LogP contribution in [-0.4, -0.2) is 78.1 Å². The molecule has 2 amide bonds. The van der Waals surface area contributed by atoms with Gasteiger partial charge in [0.2, 0.25) is 11.8 Å². The Balaban J connectivity index is 1.12. The van der Waals surface area contributed by atoms with E-state index in [9.17, 15) is 9.59 Å². The van der Waals surface area contributed by atoms with Crippen molar-refractivity contribution in [1.29, 1.82) is 0 Å². The van der Waals surface area contributed by atoms with Gasteiger partial charge in [-0.25, -0.2) is 0 Å². The molecule has 5 atom stereocenters. The summed E-state index contributed by atoms with van der Waals surface area (Å²) in [6.45, 7) is 3.36. The third kappa shape index (κ3) is 3.49. The molecular weight excluding hydrogens is 404 g/mol. The first-order valence-corrected chi connectivity index (χ1v) is 12.4. The lowest BCUT2D eigenvalue weighted by Crippen LogP contribution is -2.56. The molecule has 0 aromatic carbocycles. The van der Waals surface area contributed by atoms with Gasteiger partial charge in [-0.1, -0.05) is 0 Å². The number of methoxy groups -OCH3 is 1. The van der Waals surface area contributed by atoms with Crippen molar-refractivity contribution < 1.29 is 14.3 Å². The number of pyridine rings is 1. The van der Waals surface area contributed by atoms with Gasteiger partial charge in [0.15, 0.2) is 0 Å².